The monoisotopic (exact) mass is 794 g/mol. The zero-order valence-corrected chi connectivity index (χ0v) is 35.7. The topological polar surface area (TPSA) is 31.2 Å². The van der Waals surface area contributed by atoms with Crippen molar-refractivity contribution in [2.75, 3.05) is 9.80 Å². The van der Waals surface area contributed by atoms with E-state index in [0.717, 1.165) is 59.7 Å². The molecule has 0 saturated carbocycles. The van der Waals surface area contributed by atoms with Gasteiger partial charge in [-0.1, -0.05) is 165 Å². The van der Waals surface area contributed by atoms with Crippen LogP contribution in [0.15, 0.2) is 203 Å². The number of nitrogens with zero attached hydrogens (tertiary/aromatic N) is 4. The van der Waals surface area contributed by atoms with E-state index >= 15 is 0 Å². The minimum absolute atomic E-state index is 0.166. The smallest absolute Gasteiger partial charge is 0.160 e. The van der Waals surface area contributed by atoms with E-state index in [-0.39, 0.29) is 18.0 Å². The van der Waals surface area contributed by atoms with Crippen molar-refractivity contribution < 1.29 is 0 Å². The fourth-order valence-corrected chi connectivity index (χ4v) is 10.5. The van der Waals surface area contributed by atoms with Crippen molar-refractivity contribution in [3.63, 3.8) is 0 Å². The molecule has 3 aliphatic carbocycles. The van der Waals surface area contributed by atoms with Crippen LogP contribution in [0.4, 0.5) is 11.4 Å². The summed E-state index contributed by atoms with van der Waals surface area (Å²) in [6, 6.07) is 35.6. The van der Waals surface area contributed by atoms with Crippen LogP contribution in [0, 0.1) is 11.8 Å². The van der Waals surface area contributed by atoms with E-state index in [4.69, 9.17) is 9.98 Å². The standard InChI is InChI=1S/C57H54N4/c1-5-20-44-40(4)61(53-32-19-16-27-45(44)53)54-36-34-48(57-58-50(41-22-8-6-9-23-41)35-33-39(3)56(59-57)42-24-10-7-11-25-42)55(43-26-13-12-21-38(43)2)49(54)37-60-51-30-17-14-28-46(51)47-29-15-18-31-52(47)60/h5-20,22-32,34,36,38,45-46,51,53H,21,33,35,37H2,1-4H3/b20-5-,56-39-,58-50+,59-57-/t38-,45?,46?,51?,53?/m1/s1. The Balaban J connectivity index is 1.28. The third kappa shape index (κ3) is 6.98. The van der Waals surface area contributed by atoms with Gasteiger partial charge in [0.05, 0.1) is 23.5 Å². The highest BCUT2D eigenvalue weighted by atomic mass is 15.2. The molecule has 0 radical (unpaired) electrons. The average molecular weight is 795 g/mol. The number of amidine groups is 1. The van der Waals surface area contributed by atoms with Crippen LogP contribution >= 0.6 is 0 Å². The fourth-order valence-electron chi connectivity index (χ4n) is 10.5. The van der Waals surface area contributed by atoms with Crippen molar-refractivity contribution in [2.45, 2.75) is 71.5 Å². The Morgan fingerprint density at radius 2 is 1.39 bits per heavy atom. The zero-order chi connectivity index (χ0) is 41.5. The van der Waals surface area contributed by atoms with Gasteiger partial charge in [-0.05, 0) is 97.6 Å². The lowest BCUT2D eigenvalue weighted by Gasteiger charge is -2.37. The molecule has 0 amide bonds. The fraction of sp³-hybridized carbons (Fsp3) is 0.228. The van der Waals surface area contributed by atoms with E-state index in [1.54, 1.807) is 0 Å². The third-order valence-corrected chi connectivity index (χ3v) is 13.6. The lowest BCUT2D eigenvalue weighted by Crippen LogP contribution is -2.36. The summed E-state index contributed by atoms with van der Waals surface area (Å²) in [5.41, 5.74) is 17.2. The highest BCUT2D eigenvalue weighted by Gasteiger charge is 2.41. The SMILES string of the molecule is C/C=C\C1=C(C)N(c2ccc(C3=N/C(c4ccccc4)=C(/C)CC/C(c4ccccc4)=N\3)c(C3=CC=CC[C@H]3C)c2CN2c3ccccc3C3C=CC=CC32)C2C=CC=CC12. The van der Waals surface area contributed by atoms with Gasteiger partial charge in [0.2, 0.25) is 0 Å². The molecule has 0 saturated heterocycles. The van der Waals surface area contributed by atoms with Gasteiger partial charge in [-0.2, -0.15) is 0 Å². The summed E-state index contributed by atoms with van der Waals surface area (Å²) in [6.45, 7) is 9.83. The number of allylic oxidation sites excluding steroid dienone is 12. The van der Waals surface area contributed by atoms with Crippen LogP contribution in [0.3, 0.4) is 0 Å². The van der Waals surface area contributed by atoms with Crippen molar-refractivity contribution in [2.24, 2.45) is 21.8 Å². The van der Waals surface area contributed by atoms with Gasteiger partial charge in [-0.15, -0.1) is 0 Å². The molecule has 0 aromatic heterocycles. The van der Waals surface area contributed by atoms with Gasteiger partial charge in [0.15, 0.2) is 5.84 Å². The van der Waals surface area contributed by atoms with E-state index < -0.39 is 0 Å². The quantitative estimate of drug-likeness (QED) is 0.178. The number of benzene rings is 4. The second kappa shape index (κ2) is 16.5. The molecule has 4 unspecified atom stereocenters. The molecule has 0 spiro atoms. The molecule has 0 bridgehead atoms. The largest absolute Gasteiger partial charge is 0.359 e. The predicted molar refractivity (Wildman–Crippen MR) is 258 cm³/mol. The number of anilines is 2. The van der Waals surface area contributed by atoms with Crippen LogP contribution in [0.5, 0.6) is 0 Å². The Bertz CT molecular complexity index is 2710. The van der Waals surface area contributed by atoms with Gasteiger partial charge in [-0.25, -0.2) is 9.98 Å². The summed E-state index contributed by atoms with van der Waals surface area (Å²) < 4.78 is 0. The predicted octanol–water partition coefficient (Wildman–Crippen LogP) is 13.5. The maximum Gasteiger partial charge on any atom is 0.160 e. The van der Waals surface area contributed by atoms with E-state index in [9.17, 15) is 0 Å². The number of aliphatic imine (C=N–C) groups is 2. The van der Waals surface area contributed by atoms with Gasteiger partial charge in [0.1, 0.15) is 0 Å². The van der Waals surface area contributed by atoms with Gasteiger partial charge in [0, 0.05) is 52.1 Å². The van der Waals surface area contributed by atoms with Crippen LogP contribution < -0.4 is 9.80 Å². The molecule has 0 N–H and O–H groups in total. The molecule has 5 atom stereocenters. The molecule has 4 heteroatoms. The summed E-state index contributed by atoms with van der Waals surface area (Å²) in [4.78, 5) is 16.7. The van der Waals surface area contributed by atoms with Gasteiger partial charge in [-0.3, -0.25) is 0 Å². The minimum atomic E-state index is 0.166. The van der Waals surface area contributed by atoms with Crippen LogP contribution in [0.2, 0.25) is 0 Å². The lowest BCUT2D eigenvalue weighted by atomic mass is 9.81. The molecule has 302 valence electrons. The molecule has 10 rings (SSSR count). The van der Waals surface area contributed by atoms with Crippen molar-refractivity contribution in [3.05, 3.63) is 226 Å². The molecule has 6 aliphatic rings. The number of hydrogen-bond donors (Lipinski definition) is 0. The molecule has 4 aromatic carbocycles. The maximum atomic E-state index is 5.71. The first-order valence-electron chi connectivity index (χ1n) is 22.2. The summed E-state index contributed by atoms with van der Waals surface area (Å²) in [5, 5.41) is 0. The number of hydrogen-bond acceptors (Lipinski definition) is 4. The highest BCUT2D eigenvalue weighted by molar-refractivity contribution is 6.16. The Hall–Kier alpha value is -6.52. The Labute approximate surface area is 362 Å². The third-order valence-electron chi connectivity index (χ3n) is 13.6. The second-order valence-corrected chi connectivity index (χ2v) is 17.2. The minimum Gasteiger partial charge on any atom is -0.359 e. The summed E-state index contributed by atoms with van der Waals surface area (Å²) in [5.74, 6) is 1.63. The molecule has 61 heavy (non-hydrogen) atoms. The van der Waals surface area contributed by atoms with E-state index in [0.29, 0.717) is 11.8 Å². The molecular weight excluding hydrogens is 741 g/mol. The van der Waals surface area contributed by atoms with Crippen molar-refractivity contribution in [3.8, 4) is 0 Å². The number of rotatable bonds is 8. The van der Waals surface area contributed by atoms with E-state index in [1.165, 1.54) is 50.5 Å². The van der Waals surface area contributed by atoms with Crippen LogP contribution in [0.1, 0.15) is 86.3 Å². The first kappa shape index (κ1) is 38.7. The zero-order valence-electron chi connectivity index (χ0n) is 35.7. The second-order valence-electron chi connectivity index (χ2n) is 17.2. The molecule has 3 aliphatic heterocycles. The Morgan fingerprint density at radius 1 is 0.689 bits per heavy atom. The van der Waals surface area contributed by atoms with Crippen LogP contribution in [0.25, 0.3) is 11.3 Å². The first-order valence-corrected chi connectivity index (χ1v) is 22.2. The normalized spacial score (nSPS) is 27.0. The van der Waals surface area contributed by atoms with Crippen molar-refractivity contribution >= 4 is 34.2 Å². The summed E-state index contributed by atoms with van der Waals surface area (Å²) in [7, 11) is 0. The van der Waals surface area contributed by atoms with Crippen LogP contribution in [-0.4, -0.2) is 23.6 Å². The van der Waals surface area contributed by atoms with Gasteiger partial charge >= 0.3 is 0 Å². The average Bonchev–Trinajstić information content (AvgIpc) is 3.76. The van der Waals surface area contributed by atoms with Gasteiger partial charge < -0.3 is 9.80 Å². The van der Waals surface area contributed by atoms with Crippen molar-refractivity contribution in [1.29, 1.82) is 0 Å². The van der Waals surface area contributed by atoms with Gasteiger partial charge in [0.25, 0.3) is 0 Å². The number of fused-ring (bicyclic) bond motifs is 4. The molecular formula is C57H54N4. The molecule has 4 aromatic rings. The highest BCUT2D eigenvalue weighted by Crippen LogP contribution is 2.49. The Kier molecular flexibility index (Phi) is 10.5. The van der Waals surface area contributed by atoms with E-state index in [2.05, 4.69) is 214 Å². The van der Waals surface area contributed by atoms with Crippen LogP contribution in [-0.2, 0) is 6.54 Å². The van der Waals surface area contributed by atoms with Crippen molar-refractivity contribution in [1.82, 2.24) is 0 Å². The molecule has 4 nitrogen and oxygen atoms in total. The lowest BCUT2D eigenvalue weighted by molar-refractivity contribution is 0.660. The van der Waals surface area contributed by atoms with E-state index in [1.807, 2.05) is 0 Å². The number of para-hydroxylation sites is 1. The molecule has 3 heterocycles. The Morgan fingerprint density at radius 3 is 2.16 bits per heavy atom. The first-order chi connectivity index (χ1) is 30.0. The summed E-state index contributed by atoms with van der Waals surface area (Å²) >= 11 is 0. The molecule has 0 fully saturated rings. The summed E-state index contributed by atoms with van der Waals surface area (Å²) in [6.07, 6.45) is 32.7. The maximum absolute atomic E-state index is 5.71.